The third kappa shape index (κ3) is 2.91. The van der Waals surface area contributed by atoms with Gasteiger partial charge in [-0.3, -0.25) is 4.90 Å². The van der Waals surface area contributed by atoms with E-state index in [9.17, 15) is 14.7 Å². The second-order valence-corrected chi connectivity index (χ2v) is 5.42. The molecule has 2 aliphatic heterocycles. The van der Waals surface area contributed by atoms with Crippen LogP contribution in [-0.4, -0.2) is 53.7 Å². The second-order valence-electron chi connectivity index (χ2n) is 5.42. The Morgan fingerprint density at radius 2 is 1.95 bits per heavy atom. The molecule has 0 radical (unpaired) electrons. The fraction of sp³-hybridized carbons (Fsp3) is 0.429. The fourth-order valence-electron chi connectivity index (χ4n) is 2.50. The number of urea groups is 2. The summed E-state index contributed by atoms with van der Waals surface area (Å²) in [6.07, 6.45) is -1.82. The van der Waals surface area contributed by atoms with Gasteiger partial charge < -0.3 is 25.8 Å². The molecular formula is C14H18N4O4. The minimum atomic E-state index is -0.858. The lowest BCUT2D eigenvalue weighted by Gasteiger charge is -2.24. The maximum absolute atomic E-state index is 11.8. The third-order valence-electron chi connectivity index (χ3n) is 3.63. The maximum atomic E-state index is 11.8. The van der Waals surface area contributed by atoms with Crippen molar-refractivity contribution in [3.05, 3.63) is 29.8 Å². The normalized spacial score (nSPS) is 24.4. The highest BCUT2D eigenvalue weighted by atomic mass is 16.5. The number of hydrogen-bond acceptors (Lipinski definition) is 4. The molecule has 8 nitrogen and oxygen atoms in total. The Bertz CT molecular complexity index is 577. The molecule has 0 saturated carbocycles. The molecular weight excluding hydrogens is 288 g/mol. The number of ether oxygens (including phenoxy) is 1. The quantitative estimate of drug-likeness (QED) is 0.601. The smallest absolute Gasteiger partial charge is 0.321 e. The zero-order chi connectivity index (χ0) is 15.7. The van der Waals surface area contributed by atoms with Crippen molar-refractivity contribution < 1.29 is 19.4 Å². The van der Waals surface area contributed by atoms with Crippen LogP contribution in [0.15, 0.2) is 24.3 Å². The Morgan fingerprint density at radius 1 is 1.23 bits per heavy atom. The van der Waals surface area contributed by atoms with Gasteiger partial charge in [0, 0.05) is 0 Å². The molecule has 3 atom stereocenters. The fourth-order valence-corrected chi connectivity index (χ4v) is 2.50. The van der Waals surface area contributed by atoms with Gasteiger partial charge in [-0.25, -0.2) is 9.59 Å². The maximum Gasteiger partial charge on any atom is 0.321 e. The average molecular weight is 306 g/mol. The molecule has 1 aromatic rings. The molecule has 0 aliphatic carbocycles. The Hall–Kier alpha value is -2.48. The van der Waals surface area contributed by atoms with Crippen molar-refractivity contribution in [1.82, 2.24) is 20.9 Å². The summed E-state index contributed by atoms with van der Waals surface area (Å²) in [6.45, 7) is 2.11. The van der Waals surface area contributed by atoms with E-state index < -0.39 is 18.4 Å². The van der Waals surface area contributed by atoms with Crippen molar-refractivity contribution in [2.45, 2.75) is 25.4 Å². The monoisotopic (exact) mass is 306 g/mol. The molecule has 1 aromatic carbocycles. The highest BCUT2D eigenvalue weighted by Gasteiger charge is 2.45. The van der Waals surface area contributed by atoms with Gasteiger partial charge in [0.1, 0.15) is 30.8 Å². The van der Waals surface area contributed by atoms with Crippen molar-refractivity contribution >= 4 is 12.1 Å². The number of aryl methyl sites for hydroxylation is 1. The summed E-state index contributed by atoms with van der Waals surface area (Å²) in [5.74, 6) is 0.657. The molecule has 22 heavy (non-hydrogen) atoms. The third-order valence-corrected chi connectivity index (χ3v) is 3.63. The average Bonchev–Trinajstić information content (AvgIpc) is 2.96. The number of fused-ring (bicyclic) bond motifs is 1. The van der Waals surface area contributed by atoms with Gasteiger partial charge in [-0.05, 0) is 19.1 Å². The first-order chi connectivity index (χ1) is 10.5. The largest absolute Gasteiger partial charge is 0.491 e. The zero-order valence-electron chi connectivity index (χ0n) is 12.1. The van der Waals surface area contributed by atoms with Gasteiger partial charge in [0.25, 0.3) is 0 Å². The summed E-state index contributed by atoms with van der Waals surface area (Å²) in [5.41, 5.74) is 1.12. The van der Waals surface area contributed by atoms with Gasteiger partial charge in [0.05, 0.1) is 6.54 Å². The van der Waals surface area contributed by atoms with Crippen molar-refractivity contribution in [2.75, 3.05) is 13.2 Å². The Labute approximate surface area is 127 Å². The molecule has 2 heterocycles. The number of aliphatic hydroxyl groups is 1. The summed E-state index contributed by atoms with van der Waals surface area (Å²) in [6, 6.07) is 6.80. The highest BCUT2D eigenvalue weighted by Crippen LogP contribution is 2.15. The van der Waals surface area contributed by atoms with Crippen LogP contribution in [-0.2, 0) is 0 Å². The van der Waals surface area contributed by atoms with Crippen LogP contribution in [0.25, 0.3) is 0 Å². The van der Waals surface area contributed by atoms with E-state index in [-0.39, 0.29) is 25.2 Å². The van der Waals surface area contributed by atoms with Crippen LogP contribution in [0.5, 0.6) is 5.75 Å². The van der Waals surface area contributed by atoms with Crippen LogP contribution < -0.4 is 20.7 Å². The lowest BCUT2D eigenvalue weighted by molar-refractivity contribution is 0.0709. The van der Waals surface area contributed by atoms with E-state index in [1.807, 2.05) is 31.2 Å². The second kappa shape index (κ2) is 5.72. The standard InChI is InChI=1S/C14H18N4O4/c1-8-2-4-10(5-3-8)22-7-9(19)6-18-12-11(16-14(18)21)15-13(20)17-12/h2-5,9,11-12,19H,6-7H2,1H3,(H,16,21)(H2,15,17,20)/t9-,11-,12+/m0/s1. The number of benzene rings is 1. The summed E-state index contributed by atoms with van der Waals surface area (Å²) in [4.78, 5) is 24.4. The molecule has 0 unspecified atom stereocenters. The molecule has 0 spiro atoms. The lowest BCUT2D eigenvalue weighted by Crippen LogP contribution is -2.47. The van der Waals surface area contributed by atoms with Crippen LogP contribution in [0.1, 0.15) is 5.56 Å². The van der Waals surface area contributed by atoms with E-state index in [2.05, 4.69) is 16.0 Å². The van der Waals surface area contributed by atoms with Crippen LogP contribution in [0, 0.1) is 6.92 Å². The predicted octanol–water partition coefficient (Wildman–Crippen LogP) is -0.275. The number of nitrogens with zero attached hydrogens (tertiary/aromatic N) is 1. The number of carbonyl (C=O) groups excluding carboxylic acids is 2. The Kier molecular flexibility index (Phi) is 3.76. The van der Waals surface area contributed by atoms with Gasteiger partial charge in [0.15, 0.2) is 0 Å². The molecule has 2 fully saturated rings. The molecule has 2 aliphatic rings. The summed E-state index contributed by atoms with van der Waals surface area (Å²) < 4.78 is 5.49. The van der Waals surface area contributed by atoms with Gasteiger partial charge in [-0.1, -0.05) is 17.7 Å². The van der Waals surface area contributed by atoms with Gasteiger partial charge in [0.2, 0.25) is 0 Å². The van der Waals surface area contributed by atoms with Crippen LogP contribution >= 0.6 is 0 Å². The number of β-amino-alcohol motifs (C(OH)–C–C–N with tert-alkyl or cyclic N) is 1. The number of amides is 4. The number of carbonyl (C=O) groups is 2. The number of hydrogen-bond donors (Lipinski definition) is 4. The van der Waals surface area contributed by atoms with E-state index in [0.29, 0.717) is 5.75 Å². The first-order valence-corrected chi connectivity index (χ1v) is 7.04. The summed E-state index contributed by atoms with van der Waals surface area (Å²) in [7, 11) is 0. The van der Waals surface area contributed by atoms with Crippen molar-refractivity contribution in [2.24, 2.45) is 0 Å². The molecule has 2 saturated heterocycles. The molecule has 118 valence electrons. The topological polar surface area (TPSA) is 103 Å². The van der Waals surface area contributed by atoms with Crippen LogP contribution in [0.4, 0.5) is 9.59 Å². The van der Waals surface area contributed by atoms with Crippen molar-refractivity contribution in [1.29, 1.82) is 0 Å². The highest BCUT2D eigenvalue weighted by molar-refractivity contribution is 5.84. The van der Waals surface area contributed by atoms with E-state index in [4.69, 9.17) is 4.74 Å². The molecule has 4 amide bonds. The number of nitrogens with one attached hydrogen (secondary N) is 3. The van der Waals surface area contributed by atoms with E-state index in [1.165, 1.54) is 4.90 Å². The molecule has 0 bridgehead atoms. The van der Waals surface area contributed by atoms with E-state index in [1.54, 1.807) is 0 Å². The Morgan fingerprint density at radius 3 is 2.68 bits per heavy atom. The first-order valence-electron chi connectivity index (χ1n) is 7.04. The lowest BCUT2D eigenvalue weighted by atomic mass is 10.2. The molecule has 0 aromatic heterocycles. The van der Waals surface area contributed by atoms with Crippen molar-refractivity contribution in [3.8, 4) is 5.75 Å². The minimum absolute atomic E-state index is 0.0611. The zero-order valence-corrected chi connectivity index (χ0v) is 12.1. The molecule has 3 rings (SSSR count). The molecule has 4 N–H and O–H groups in total. The van der Waals surface area contributed by atoms with Crippen LogP contribution in [0.2, 0.25) is 0 Å². The van der Waals surface area contributed by atoms with Gasteiger partial charge in [-0.2, -0.15) is 0 Å². The number of rotatable bonds is 5. The van der Waals surface area contributed by atoms with Gasteiger partial charge >= 0.3 is 12.1 Å². The SMILES string of the molecule is Cc1ccc(OC[C@@H](O)CN2C(=O)N[C@@H]3NC(=O)N[C@@H]32)cc1. The first kappa shape index (κ1) is 14.5. The minimum Gasteiger partial charge on any atom is -0.491 e. The summed E-state index contributed by atoms with van der Waals surface area (Å²) >= 11 is 0. The van der Waals surface area contributed by atoms with E-state index >= 15 is 0 Å². The number of aliphatic hydroxyl groups excluding tert-OH is 1. The van der Waals surface area contributed by atoms with Crippen LogP contribution in [0.3, 0.4) is 0 Å². The predicted molar refractivity (Wildman–Crippen MR) is 77.2 cm³/mol. The van der Waals surface area contributed by atoms with E-state index in [0.717, 1.165) is 5.56 Å². The molecule has 8 heteroatoms. The Balaban J connectivity index is 1.53. The van der Waals surface area contributed by atoms with Gasteiger partial charge in [-0.15, -0.1) is 0 Å². The summed E-state index contributed by atoms with van der Waals surface area (Å²) in [5, 5.41) is 17.9. The van der Waals surface area contributed by atoms with Crippen molar-refractivity contribution in [3.63, 3.8) is 0 Å².